The van der Waals surface area contributed by atoms with Crippen molar-refractivity contribution in [3.8, 4) is 10.6 Å². The number of hydrogen-bond acceptors (Lipinski definition) is 3. The average Bonchev–Trinajstić information content (AvgIpc) is 2.98. The summed E-state index contributed by atoms with van der Waals surface area (Å²) in [5.74, 6) is 0.0566. The number of carbonyl (C=O) groups is 1. The zero-order valence-electron chi connectivity index (χ0n) is 11.0. The number of halogens is 1. The molecule has 1 aromatic heterocycles. The summed E-state index contributed by atoms with van der Waals surface area (Å²) in [5, 5.41) is 3.41. The molecule has 104 valence electrons. The minimum absolute atomic E-state index is 0.0566. The molecule has 0 radical (unpaired) electrons. The highest BCUT2D eigenvalue weighted by molar-refractivity contribution is 7.13. The van der Waals surface area contributed by atoms with Crippen LogP contribution in [0.15, 0.2) is 29.6 Å². The third-order valence-electron chi connectivity index (χ3n) is 3.46. The highest BCUT2D eigenvalue weighted by Gasteiger charge is 2.20. The van der Waals surface area contributed by atoms with Crippen molar-refractivity contribution in [2.45, 2.75) is 19.3 Å². The second kappa shape index (κ2) is 5.94. The van der Waals surface area contributed by atoms with Crippen LogP contribution in [0.3, 0.4) is 0 Å². The molecule has 3 rings (SSSR count). The number of hydrogen-bond donors (Lipinski definition) is 0. The topological polar surface area (TPSA) is 33.2 Å². The number of likely N-dealkylation sites (tertiary alicyclic amines) is 1. The van der Waals surface area contributed by atoms with Crippen molar-refractivity contribution >= 4 is 28.8 Å². The van der Waals surface area contributed by atoms with Crippen LogP contribution in [0.5, 0.6) is 0 Å². The lowest BCUT2D eigenvalue weighted by Crippen LogP contribution is -2.35. The fraction of sp³-hybridized carbons (Fsp3) is 0.333. The minimum atomic E-state index is 0.0566. The van der Waals surface area contributed by atoms with E-state index in [-0.39, 0.29) is 5.91 Å². The molecule has 3 nitrogen and oxygen atoms in total. The quantitative estimate of drug-likeness (QED) is 0.837. The van der Waals surface area contributed by atoms with Gasteiger partial charge in [0.2, 0.25) is 0 Å². The van der Waals surface area contributed by atoms with E-state index in [1.54, 1.807) is 0 Å². The van der Waals surface area contributed by atoms with Crippen molar-refractivity contribution in [2.24, 2.45) is 0 Å². The predicted molar refractivity (Wildman–Crippen MR) is 82.3 cm³/mol. The summed E-state index contributed by atoms with van der Waals surface area (Å²) < 4.78 is 0. The second-order valence-electron chi connectivity index (χ2n) is 4.90. The highest BCUT2D eigenvalue weighted by atomic mass is 35.5. The molecule has 1 amide bonds. The van der Waals surface area contributed by atoms with Gasteiger partial charge in [-0.3, -0.25) is 4.79 Å². The van der Waals surface area contributed by atoms with Gasteiger partial charge in [0.15, 0.2) is 0 Å². The van der Waals surface area contributed by atoms with Crippen molar-refractivity contribution < 1.29 is 4.79 Å². The summed E-state index contributed by atoms with van der Waals surface area (Å²) in [5.41, 5.74) is 1.55. The maximum Gasteiger partial charge on any atom is 0.273 e. The first-order chi connectivity index (χ1) is 9.74. The fourth-order valence-corrected chi connectivity index (χ4v) is 3.28. The number of benzene rings is 1. The number of piperidine rings is 1. The number of carbonyl (C=O) groups excluding carboxylic acids is 1. The molecule has 0 aliphatic carbocycles. The van der Waals surface area contributed by atoms with E-state index < -0.39 is 0 Å². The molecule has 0 bridgehead atoms. The van der Waals surface area contributed by atoms with E-state index in [0.717, 1.165) is 36.5 Å². The zero-order valence-corrected chi connectivity index (χ0v) is 12.6. The Morgan fingerprint density at radius 2 is 1.85 bits per heavy atom. The minimum Gasteiger partial charge on any atom is -0.337 e. The third kappa shape index (κ3) is 2.86. The number of thiazole rings is 1. The summed E-state index contributed by atoms with van der Waals surface area (Å²) in [6.07, 6.45) is 3.41. The van der Waals surface area contributed by atoms with Crippen molar-refractivity contribution in [3.63, 3.8) is 0 Å². The van der Waals surface area contributed by atoms with Gasteiger partial charge in [0, 0.05) is 29.1 Å². The van der Waals surface area contributed by atoms with Gasteiger partial charge in [0.1, 0.15) is 10.7 Å². The normalized spacial score (nSPS) is 15.3. The monoisotopic (exact) mass is 306 g/mol. The highest BCUT2D eigenvalue weighted by Crippen LogP contribution is 2.26. The molecule has 2 aromatic rings. The van der Waals surface area contributed by atoms with Gasteiger partial charge in [0.25, 0.3) is 5.91 Å². The van der Waals surface area contributed by atoms with E-state index in [4.69, 9.17) is 11.6 Å². The lowest BCUT2D eigenvalue weighted by atomic mass is 10.1. The molecule has 2 heterocycles. The van der Waals surface area contributed by atoms with Gasteiger partial charge in [-0.05, 0) is 31.4 Å². The molecule has 1 fully saturated rings. The van der Waals surface area contributed by atoms with Crippen molar-refractivity contribution in [3.05, 3.63) is 40.4 Å². The van der Waals surface area contributed by atoms with Crippen LogP contribution in [0.25, 0.3) is 10.6 Å². The van der Waals surface area contributed by atoms with Crippen LogP contribution in [0.1, 0.15) is 29.8 Å². The molecule has 0 spiro atoms. The SMILES string of the molecule is O=C(c1csc(-c2ccc(Cl)cc2)n1)N1CCCCC1. The largest absolute Gasteiger partial charge is 0.337 e. The van der Waals surface area contributed by atoms with Gasteiger partial charge in [-0.2, -0.15) is 0 Å². The van der Waals surface area contributed by atoms with E-state index in [1.165, 1.54) is 17.8 Å². The maximum atomic E-state index is 12.3. The van der Waals surface area contributed by atoms with Crippen LogP contribution in [0.4, 0.5) is 0 Å². The van der Waals surface area contributed by atoms with E-state index >= 15 is 0 Å². The summed E-state index contributed by atoms with van der Waals surface area (Å²) in [4.78, 5) is 18.7. The number of nitrogens with zero attached hydrogens (tertiary/aromatic N) is 2. The molecule has 0 N–H and O–H groups in total. The summed E-state index contributed by atoms with van der Waals surface area (Å²) in [7, 11) is 0. The van der Waals surface area contributed by atoms with Crippen LogP contribution in [-0.4, -0.2) is 28.9 Å². The number of rotatable bonds is 2. The van der Waals surface area contributed by atoms with Crippen LogP contribution >= 0.6 is 22.9 Å². The molecule has 1 aliphatic rings. The molecule has 0 atom stereocenters. The van der Waals surface area contributed by atoms with Crippen LogP contribution in [0.2, 0.25) is 5.02 Å². The molecule has 0 saturated carbocycles. The molecular formula is C15H15ClN2OS. The molecular weight excluding hydrogens is 292 g/mol. The summed E-state index contributed by atoms with van der Waals surface area (Å²) in [6, 6.07) is 7.53. The number of amides is 1. The van der Waals surface area contributed by atoms with Crippen molar-refractivity contribution in [1.29, 1.82) is 0 Å². The molecule has 0 unspecified atom stereocenters. The van der Waals surface area contributed by atoms with E-state index in [2.05, 4.69) is 4.98 Å². The molecule has 1 aliphatic heterocycles. The Morgan fingerprint density at radius 3 is 2.55 bits per heavy atom. The average molecular weight is 307 g/mol. The Balaban J connectivity index is 1.79. The zero-order chi connectivity index (χ0) is 13.9. The van der Waals surface area contributed by atoms with Crippen molar-refractivity contribution in [2.75, 3.05) is 13.1 Å². The molecule has 5 heteroatoms. The molecule has 1 saturated heterocycles. The standard InChI is InChI=1S/C15H15ClN2OS/c16-12-6-4-11(5-7-12)14-17-13(10-20-14)15(19)18-8-2-1-3-9-18/h4-7,10H,1-3,8-9H2. The number of aromatic nitrogens is 1. The van der Waals surface area contributed by atoms with Gasteiger partial charge in [-0.1, -0.05) is 23.7 Å². The lowest BCUT2D eigenvalue weighted by molar-refractivity contribution is 0.0719. The van der Waals surface area contributed by atoms with E-state index in [0.29, 0.717) is 10.7 Å². The first-order valence-corrected chi connectivity index (χ1v) is 8.00. The summed E-state index contributed by atoms with van der Waals surface area (Å²) >= 11 is 7.38. The smallest absolute Gasteiger partial charge is 0.273 e. The Kier molecular flexibility index (Phi) is 4.03. The Bertz CT molecular complexity index is 603. The van der Waals surface area contributed by atoms with Crippen LogP contribution < -0.4 is 0 Å². The Morgan fingerprint density at radius 1 is 1.15 bits per heavy atom. The van der Waals surface area contributed by atoms with Gasteiger partial charge in [0.05, 0.1) is 0 Å². The van der Waals surface area contributed by atoms with Gasteiger partial charge < -0.3 is 4.90 Å². The van der Waals surface area contributed by atoms with Crippen LogP contribution in [-0.2, 0) is 0 Å². The van der Waals surface area contributed by atoms with Crippen LogP contribution in [0, 0.1) is 0 Å². The van der Waals surface area contributed by atoms with E-state index in [9.17, 15) is 4.79 Å². The van der Waals surface area contributed by atoms with Gasteiger partial charge >= 0.3 is 0 Å². The van der Waals surface area contributed by atoms with Gasteiger partial charge in [-0.25, -0.2) is 4.98 Å². The summed E-state index contributed by atoms with van der Waals surface area (Å²) in [6.45, 7) is 1.71. The third-order valence-corrected chi connectivity index (χ3v) is 4.60. The Hall–Kier alpha value is -1.39. The maximum absolute atomic E-state index is 12.3. The molecule has 1 aromatic carbocycles. The first-order valence-electron chi connectivity index (χ1n) is 6.75. The lowest BCUT2D eigenvalue weighted by Gasteiger charge is -2.25. The fourth-order valence-electron chi connectivity index (χ4n) is 2.36. The van der Waals surface area contributed by atoms with Crippen molar-refractivity contribution in [1.82, 2.24) is 9.88 Å². The molecule has 20 heavy (non-hydrogen) atoms. The first kappa shape index (κ1) is 13.6. The van der Waals surface area contributed by atoms with E-state index in [1.807, 2.05) is 34.5 Å². The second-order valence-corrected chi connectivity index (χ2v) is 6.19. The van der Waals surface area contributed by atoms with Gasteiger partial charge in [-0.15, -0.1) is 11.3 Å². The predicted octanol–water partition coefficient (Wildman–Crippen LogP) is 4.09. The Labute approximate surface area is 127 Å².